The molecule has 3 aliphatic carbocycles. The first-order chi connectivity index (χ1) is 16.9. The molecule has 2 aromatic carbocycles. The van der Waals surface area contributed by atoms with Crippen LogP contribution in [0.15, 0.2) is 48.5 Å². The van der Waals surface area contributed by atoms with E-state index in [1.165, 1.54) is 11.1 Å². The molecule has 3 aliphatic rings. The fraction of sp³-hybridized carbons (Fsp3) is 0.464. The van der Waals surface area contributed by atoms with Crippen molar-refractivity contribution in [3.05, 3.63) is 59.7 Å². The van der Waals surface area contributed by atoms with Crippen LogP contribution in [0.4, 0.5) is 4.79 Å². The van der Waals surface area contributed by atoms with E-state index in [4.69, 9.17) is 4.74 Å². The van der Waals surface area contributed by atoms with Crippen molar-refractivity contribution in [3.63, 3.8) is 0 Å². The number of carbonyl (C=O) groups is 3. The average molecular weight is 477 g/mol. The number of carbonyl (C=O) groups excluding carboxylic acids is 2. The first-order valence-corrected chi connectivity index (χ1v) is 12.5. The maximum absolute atomic E-state index is 12.8. The van der Waals surface area contributed by atoms with Crippen molar-refractivity contribution < 1.29 is 24.2 Å². The molecule has 0 radical (unpaired) electrons. The highest BCUT2D eigenvalue weighted by Crippen LogP contribution is 2.44. The monoisotopic (exact) mass is 476 g/mol. The van der Waals surface area contributed by atoms with Gasteiger partial charge in [-0.05, 0) is 54.9 Å². The number of carboxylic acid groups (broad SMARTS) is 1. The van der Waals surface area contributed by atoms with Crippen LogP contribution in [0, 0.1) is 11.8 Å². The Morgan fingerprint density at radius 1 is 1.00 bits per heavy atom. The van der Waals surface area contributed by atoms with E-state index in [-0.39, 0.29) is 30.4 Å². The van der Waals surface area contributed by atoms with Gasteiger partial charge in [0.2, 0.25) is 5.91 Å². The van der Waals surface area contributed by atoms with Gasteiger partial charge < -0.3 is 20.5 Å². The molecule has 0 bridgehead atoms. The number of alkyl carbamates (subject to hydrolysis) is 1. The van der Waals surface area contributed by atoms with E-state index in [1.807, 2.05) is 31.2 Å². The zero-order valence-electron chi connectivity index (χ0n) is 20.0. The molecule has 0 aliphatic heterocycles. The number of hydrogen-bond acceptors (Lipinski definition) is 4. The number of ether oxygens (including phenoxy) is 1. The molecular weight excluding hydrogens is 444 g/mol. The van der Waals surface area contributed by atoms with Crippen LogP contribution in [0.5, 0.6) is 0 Å². The van der Waals surface area contributed by atoms with E-state index in [0.717, 1.165) is 24.0 Å². The minimum Gasteiger partial charge on any atom is -0.481 e. The highest BCUT2D eigenvalue weighted by Gasteiger charge is 2.45. The predicted octanol–water partition coefficient (Wildman–Crippen LogP) is 4.45. The SMILES string of the molecule is CC1(NC(=O)C2CC(NC(=O)OCC3c4ccccc4-c4ccccc43)C2)CCCCC1C(=O)O. The molecular formula is C28H32N2O5. The second-order valence-electron chi connectivity index (χ2n) is 10.4. The van der Waals surface area contributed by atoms with E-state index < -0.39 is 23.5 Å². The lowest BCUT2D eigenvalue weighted by Crippen LogP contribution is -2.59. The van der Waals surface area contributed by atoms with Gasteiger partial charge in [0.15, 0.2) is 0 Å². The normalized spacial score (nSPS) is 27.2. The molecule has 2 amide bonds. The van der Waals surface area contributed by atoms with E-state index in [0.29, 0.717) is 25.7 Å². The van der Waals surface area contributed by atoms with Gasteiger partial charge in [-0.2, -0.15) is 0 Å². The van der Waals surface area contributed by atoms with Gasteiger partial charge in [0, 0.05) is 17.9 Å². The average Bonchev–Trinajstić information content (AvgIpc) is 3.13. The predicted molar refractivity (Wildman–Crippen MR) is 131 cm³/mol. The van der Waals surface area contributed by atoms with E-state index in [9.17, 15) is 19.5 Å². The van der Waals surface area contributed by atoms with Crippen molar-refractivity contribution in [3.8, 4) is 11.1 Å². The van der Waals surface area contributed by atoms with Gasteiger partial charge in [-0.25, -0.2) is 4.79 Å². The smallest absolute Gasteiger partial charge is 0.407 e. The van der Waals surface area contributed by atoms with Gasteiger partial charge >= 0.3 is 12.1 Å². The van der Waals surface area contributed by atoms with Gasteiger partial charge in [0.25, 0.3) is 0 Å². The Morgan fingerprint density at radius 2 is 1.63 bits per heavy atom. The molecule has 2 fully saturated rings. The molecule has 2 atom stereocenters. The molecule has 0 heterocycles. The molecule has 184 valence electrons. The van der Waals surface area contributed by atoms with Crippen LogP contribution >= 0.6 is 0 Å². The van der Waals surface area contributed by atoms with Crippen LogP contribution < -0.4 is 10.6 Å². The highest BCUT2D eigenvalue weighted by atomic mass is 16.5. The molecule has 2 saturated carbocycles. The summed E-state index contributed by atoms with van der Waals surface area (Å²) in [4.78, 5) is 36.9. The van der Waals surface area contributed by atoms with Gasteiger partial charge in [-0.1, -0.05) is 61.4 Å². The third kappa shape index (κ3) is 4.51. The summed E-state index contributed by atoms with van der Waals surface area (Å²) in [5.41, 5.74) is 3.98. The van der Waals surface area contributed by atoms with E-state index in [2.05, 4.69) is 34.9 Å². The van der Waals surface area contributed by atoms with Crippen molar-refractivity contribution in [1.29, 1.82) is 0 Å². The summed E-state index contributed by atoms with van der Waals surface area (Å²) in [7, 11) is 0. The second kappa shape index (κ2) is 9.36. The molecule has 0 aromatic heterocycles. The Hall–Kier alpha value is -3.35. The molecule has 0 saturated heterocycles. The summed E-state index contributed by atoms with van der Waals surface area (Å²) in [6, 6.07) is 16.3. The number of nitrogens with one attached hydrogen (secondary N) is 2. The maximum Gasteiger partial charge on any atom is 0.407 e. The van der Waals surface area contributed by atoms with Crippen LogP contribution in [-0.4, -0.2) is 41.3 Å². The van der Waals surface area contributed by atoms with Crippen LogP contribution in [-0.2, 0) is 14.3 Å². The van der Waals surface area contributed by atoms with Gasteiger partial charge in [-0.3, -0.25) is 9.59 Å². The number of carboxylic acids is 1. The van der Waals surface area contributed by atoms with Crippen molar-refractivity contribution in [2.45, 2.75) is 62.9 Å². The lowest BCUT2D eigenvalue weighted by atomic mass is 9.72. The van der Waals surface area contributed by atoms with Gasteiger partial charge in [-0.15, -0.1) is 0 Å². The van der Waals surface area contributed by atoms with Crippen LogP contribution in [0.1, 0.15) is 62.5 Å². The van der Waals surface area contributed by atoms with Crippen molar-refractivity contribution >= 4 is 18.0 Å². The number of aliphatic carboxylic acids is 1. The molecule has 0 spiro atoms. The molecule has 3 N–H and O–H groups in total. The Morgan fingerprint density at radius 3 is 2.26 bits per heavy atom. The Kier molecular flexibility index (Phi) is 6.26. The van der Waals surface area contributed by atoms with E-state index in [1.54, 1.807) is 0 Å². The molecule has 7 nitrogen and oxygen atoms in total. The Balaban J connectivity index is 1.11. The fourth-order valence-electron chi connectivity index (χ4n) is 6.02. The quantitative estimate of drug-likeness (QED) is 0.571. The topological polar surface area (TPSA) is 105 Å². The van der Waals surface area contributed by atoms with Crippen molar-refractivity contribution in [1.82, 2.24) is 10.6 Å². The number of rotatable bonds is 6. The minimum absolute atomic E-state index is 0.00600. The van der Waals surface area contributed by atoms with Crippen LogP contribution in [0.25, 0.3) is 11.1 Å². The van der Waals surface area contributed by atoms with Crippen molar-refractivity contribution in [2.24, 2.45) is 11.8 Å². The van der Waals surface area contributed by atoms with Gasteiger partial charge in [0.1, 0.15) is 6.61 Å². The molecule has 35 heavy (non-hydrogen) atoms. The maximum atomic E-state index is 12.8. The summed E-state index contributed by atoms with van der Waals surface area (Å²) < 4.78 is 5.60. The number of benzene rings is 2. The van der Waals surface area contributed by atoms with Gasteiger partial charge in [0.05, 0.1) is 11.5 Å². The summed E-state index contributed by atoms with van der Waals surface area (Å²) in [6.45, 7) is 2.10. The number of hydrogen-bond donors (Lipinski definition) is 3. The standard InChI is InChI=1S/C28H32N2O5/c1-28(13-7-6-12-24(28)26(32)33)30-25(31)17-14-18(15-17)29-27(34)35-16-23-21-10-4-2-8-19(21)20-9-3-5-11-22(20)23/h2-5,8-11,17-18,23-24H,6-7,12-16H2,1H3,(H,29,34)(H,30,31)(H,32,33). The fourth-order valence-corrected chi connectivity index (χ4v) is 6.02. The summed E-state index contributed by atoms with van der Waals surface area (Å²) >= 11 is 0. The Bertz CT molecular complexity index is 1100. The highest BCUT2D eigenvalue weighted by molar-refractivity contribution is 5.82. The first-order valence-electron chi connectivity index (χ1n) is 12.5. The minimum atomic E-state index is -0.851. The van der Waals surface area contributed by atoms with Crippen molar-refractivity contribution in [2.75, 3.05) is 6.61 Å². The lowest BCUT2D eigenvalue weighted by molar-refractivity contribution is -0.147. The third-order valence-electron chi connectivity index (χ3n) is 8.09. The Labute approximate surface area is 205 Å². The summed E-state index contributed by atoms with van der Waals surface area (Å²) in [5, 5.41) is 15.5. The summed E-state index contributed by atoms with van der Waals surface area (Å²) in [5.74, 6) is -1.74. The zero-order valence-corrected chi connectivity index (χ0v) is 20.0. The largest absolute Gasteiger partial charge is 0.481 e. The lowest BCUT2D eigenvalue weighted by Gasteiger charge is -2.42. The second-order valence-corrected chi connectivity index (χ2v) is 10.4. The molecule has 5 rings (SSSR count). The third-order valence-corrected chi connectivity index (χ3v) is 8.09. The zero-order chi connectivity index (χ0) is 24.6. The first kappa shape index (κ1) is 23.4. The molecule has 2 aromatic rings. The molecule has 2 unspecified atom stereocenters. The molecule has 7 heteroatoms. The van der Waals surface area contributed by atoms with Crippen LogP contribution in [0.2, 0.25) is 0 Å². The van der Waals surface area contributed by atoms with E-state index >= 15 is 0 Å². The number of fused-ring (bicyclic) bond motifs is 3. The van der Waals surface area contributed by atoms with Crippen LogP contribution in [0.3, 0.4) is 0 Å². The summed E-state index contributed by atoms with van der Waals surface area (Å²) in [6.07, 6.45) is 3.64. The number of amides is 2.